The van der Waals surface area contributed by atoms with E-state index in [0.717, 1.165) is 11.3 Å². The maximum absolute atomic E-state index is 13.0. The summed E-state index contributed by atoms with van der Waals surface area (Å²) in [5.74, 6) is -0.795. The second-order valence-electron chi connectivity index (χ2n) is 2.35. The SMILES string of the molecule is Fc1ccc(S)c2c(F)csc12. The van der Waals surface area contributed by atoms with Gasteiger partial charge in [0, 0.05) is 15.7 Å². The number of hydrogen-bond acceptors (Lipinski definition) is 2. The number of thiol groups is 1. The van der Waals surface area contributed by atoms with Gasteiger partial charge in [0.1, 0.15) is 11.6 Å². The summed E-state index contributed by atoms with van der Waals surface area (Å²) in [6.07, 6.45) is 0. The molecule has 0 aliphatic carbocycles. The van der Waals surface area contributed by atoms with Gasteiger partial charge >= 0.3 is 0 Å². The van der Waals surface area contributed by atoms with Crippen LogP contribution in [-0.4, -0.2) is 0 Å². The van der Waals surface area contributed by atoms with Crippen molar-refractivity contribution < 1.29 is 8.78 Å². The van der Waals surface area contributed by atoms with Gasteiger partial charge in [-0.05, 0) is 12.1 Å². The van der Waals surface area contributed by atoms with Gasteiger partial charge < -0.3 is 0 Å². The van der Waals surface area contributed by atoms with Gasteiger partial charge in [0.25, 0.3) is 0 Å². The minimum atomic E-state index is -0.403. The Balaban J connectivity index is 2.98. The van der Waals surface area contributed by atoms with Crippen LogP contribution < -0.4 is 0 Å². The van der Waals surface area contributed by atoms with E-state index in [1.807, 2.05) is 0 Å². The lowest BCUT2D eigenvalue weighted by molar-refractivity contribution is 0.633. The molecule has 0 N–H and O–H groups in total. The molecule has 0 unspecified atom stereocenters. The molecule has 0 saturated heterocycles. The number of thiophene rings is 1. The molecular formula is C8H4F2S2. The molecule has 0 nitrogen and oxygen atoms in total. The van der Waals surface area contributed by atoms with E-state index >= 15 is 0 Å². The van der Waals surface area contributed by atoms with Gasteiger partial charge in [0.15, 0.2) is 0 Å². The number of hydrogen-bond donors (Lipinski definition) is 1. The Labute approximate surface area is 77.2 Å². The normalized spacial score (nSPS) is 10.9. The lowest BCUT2D eigenvalue weighted by Gasteiger charge is -1.95. The topological polar surface area (TPSA) is 0 Å². The number of rotatable bonds is 0. The third-order valence-electron chi connectivity index (χ3n) is 1.61. The smallest absolute Gasteiger partial charge is 0.142 e. The van der Waals surface area contributed by atoms with Gasteiger partial charge in [-0.25, -0.2) is 8.78 Å². The lowest BCUT2D eigenvalue weighted by atomic mass is 10.2. The summed E-state index contributed by atoms with van der Waals surface area (Å²) >= 11 is 5.09. The van der Waals surface area contributed by atoms with Crippen LogP contribution in [0.15, 0.2) is 22.4 Å². The summed E-state index contributed by atoms with van der Waals surface area (Å²) in [4.78, 5) is 0.477. The Morgan fingerprint density at radius 1 is 1.17 bits per heavy atom. The quantitative estimate of drug-likeness (QED) is 0.621. The molecule has 1 aromatic carbocycles. The molecule has 0 radical (unpaired) electrons. The lowest BCUT2D eigenvalue weighted by Crippen LogP contribution is -1.77. The maximum Gasteiger partial charge on any atom is 0.142 e. The highest BCUT2D eigenvalue weighted by atomic mass is 32.1. The summed E-state index contributed by atoms with van der Waals surface area (Å²) in [6, 6.07) is 2.75. The summed E-state index contributed by atoms with van der Waals surface area (Å²) < 4.78 is 26.3. The second kappa shape index (κ2) is 2.71. The molecule has 62 valence electrons. The average Bonchev–Trinajstić information content (AvgIpc) is 2.42. The van der Waals surface area contributed by atoms with Crippen molar-refractivity contribution >= 4 is 34.1 Å². The van der Waals surface area contributed by atoms with Crippen LogP contribution >= 0.6 is 24.0 Å². The summed E-state index contributed by atoms with van der Waals surface area (Å²) in [5, 5.41) is 1.57. The van der Waals surface area contributed by atoms with Gasteiger partial charge in [-0.15, -0.1) is 24.0 Å². The first kappa shape index (κ1) is 8.01. The summed E-state index contributed by atoms with van der Waals surface area (Å²) in [5.41, 5.74) is 0. The Bertz CT molecular complexity index is 434. The molecule has 0 atom stereocenters. The van der Waals surface area contributed by atoms with E-state index in [1.165, 1.54) is 17.5 Å². The molecule has 4 heteroatoms. The van der Waals surface area contributed by atoms with E-state index in [0.29, 0.717) is 9.60 Å². The predicted octanol–water partition coefficient (Wildman–Crippen LogP) is 3.47. The van der Waals surface area contributed by atoms with Crippen LogP contribution in [-0.2, 0) is 0 Å². The molecule has 0 amide bonds. The van der Waals surface area contributed by atoms with Gasteiger partial charge in [-0.1, -0.05) is 0 Å². The van der Waals surface area contributed by atoms with Gasteiger partial charge in [0.2, 0.25) is 0 Å². The van der Waals surface area contributed by atoms with Crippen LogP contribution in [0.2, 0.25) is 0 Å². The van der Waals surface area contributed by atoms with Crippen molar-refractivity contribution in [3.63, 3.8) is 0 Å². The van der Waals surface area contributed by atoms with Crippen molar-refractivity contribution in [1.29, 1.82) is 0 Å². The van der Waals surface area contributed by atoms with Gasteiger partial charge in [-0.3, -0.25) is 0 Å². The fourth-order valence-electron chi connectivity index (χ4n) is 1.06. The van der Waals surface area contributed by atoms with E-state index in [4.69, 9.17) is 0 Å². The van der Waals surface area contributed by atoms with Crippen molar-refractivity contribution in [1.82, 2.24) is 0 Å². The molecule has 2 rings (SSSR count). The second-order valence-corrected chi connectivity index (χ2v) is 3.72. The zero-order valence-corrected chi connectivity index (χ0v) is 7.55. The standard InChI is InChI=1S/C8H4F2S2/c9-4-1-2-6(11)7-5(10)3-12-8(4)7/h1-3,11H. The molecule has 0 fully saturated rings. The third-order valence-corrected chi connectivity index (χ3v) is 2.94. The van der Waals surface area contributed by atoms with Gasteiger partial charge in [0.05, 0.1) is 4.70 Å². The van der Waals surface area contributed by atoms with Crippen molar-refractivity contribution in [3.8, 4) is 0 Å². The minimum absolute atomic E-state index is 0.281. The highest BCUT2D eigenvalue weighted by Crippen LogP contribution is 2.31. The summed E-state index contributed by atoms with van der Waals surface area (Å²) in [6.45, 7) is 0. The molecule has 0 spiro atoms. The van der Waals surface area contributed by atoms with E-state index in [-0.39, 0.29) is 5.39 Å². The first-order chi connectivity index (χ1) is 5.70. The Kier molecular flexibility index (Phi) is 1.81. The van der Waals surface area contributed by atoms with Crippen LogP contribution in [0.1, 0.15) is 0 Å². The minimum Gasteiger partial charge on any atom is -0.205 e. The van der Waals surface area contributed by atoms with Crippen molar-refractivity contribution in [2.45, 2.75) is 4.90 Å². The van der Waals surface area contributed by atoms with E-state index in [2.05, 4.69) is 12.6 Å². The van der Waals surface area contributed by atoms with Crippen molar-refractivity contribution in [3.05, 3.63) is 29.1 Å². The Morgan fingerprint density at radius 3 is 2.58 bits per heavy atom. The largest absolute Gasteiger partial charge is 0.205 e. The molecule has 0 bridgehead atoms. The van der Waals surface area contributed by atoms with Crippen LogP contribution in [0.4, 0.5) is 8.78 Å². The van der Waals surface area contributed by atoms with Crippen LogP contribution in [0, 0.1) is 11.6 Å². The van der Waals surface area contributed by atoms with E-state index in [1.54, 1.807) is 0 Å². The highest BCUT2D eigenvalue weighted by Gasteiger charge is 2.10. The number of benzene rings is 1. The zero-order valence-electron chi connectivity index (χ0n) is 5.84. The molecule has 1 aromatic heterocycles. The van der Waals surface area contributed by atoms with Crippen LogP contribution in [0.3, 0.4) is 0 Å². The number of halogens is 2. The predicted molar refractivity (Wildman–Crippen MR) is 49.0 cm³/mol. The molecule has 2 aromatic rings. The molecule has 0 aliphatic rings. The molecule has 0 aliphatic heterocycles. The summed E-state index contributed by atoms with van der Waals surface area (Å²) in [7, 11) is 0. The van der Waals surface area contributed by atoms with Crippen LogP contribution in [0.25, 0.3) is 10.1 Å². The Morgan fingerprint density at radius 2 is 1.92 bits per heavy atom. The first-order valence-electron chi connectivity index (χ1n) is 3.24. The van der Waals surface area contributed by atoms with Crippen molar-refractivity contribution in [2.75, 3.05) is 0 Å². The zero-order chi connectivity index (χ0) is 8.72. The van der Waals surface area contributed by atoms with E-state index < -0.39 is 11.6 Å². The molecule has 12 heavy (non-hydrogen) atoms. The number of fused-ring (bicyclic) bond motifs is 1. The third kappa shape index (κ3) is 1.03. The van der Waals surface area contributed by atoms with Crippen molar-refractivity contribution in [2.24, 2.45) is 0 Å². The average molecular weight is 202 g/mol. The fraction of sp³-hybridized carbons (Fsp3) is 0. The molecule has 0 saturated carbocycles. The maximum atomic E-state index is 13.0. The van der Waals surface area contributed by atoms with E-state index in [9.17, 15) is 8.78 Å². The fourth-order valence-corrected chi connectivity index (χ4v) is 2.28. The monoisotopic (exact) mass is 202 g/mol. The first-order valence-corrected chi connectivity index (χ1v) is 4.57. The molecule has 1 heterocycles. The van der Waals surface area contributed by atoms with Gasteiger partial charge in [-0.2, -0.15) is 0 Å². The highest BCUT2D eigenvalue weighted by molar-refractivity contribution is 7.80. The molecular weight excluding hydrogens is 198 g/mol. The van der Waals surface area contributed by atoms with Crippen LogP contribution in [0.5, 0.6) is 0 Å². The Hall–Kier alpha value is -0.610.